The molecule has 0 amide bonds. The van der Waals surface area contributed by atoms with E-state index in [9.17, 15) is 0 Å². The van der Waals surface area contributed by atoms with Crippen molar-refractivity contribution in [3.8, 4) is 0 Å². The van der Waals surface area contributed by atoms with Crippen LogP contribution in [0.15, 0.2) is 24.3 Å². The summed E-state index contributed by atoms with van der Waals surface area (Å²) in [7, 11) is 0. The van der Waals surface area contributed by atoms with Crippen LogP contribution in [0.5, 0.6) is 0 Å². The summed E-state index contributed by atoms with van der Waals surface area (Å²) in [5.41, 5.74) is 3.22. The van der Waals surface area contributed by atoms with E-state index < -0.39 is 0 Å². The summed E-state index contributed by atoms with van der Waals surface area (Å²) in [5.74, 6) is 0. The average molecular weight is 289 g/mol. The molecule has 1 saturated heterocycles. The van der Waals surface area contributed by atoms with Gasteiger partial charge in [0.15, 0.2) is 0 Å². The molecule has 0 spiro atoms. The molecule has 0 radical (unpaired) electrons. The van der Waals surface area contributed by atoms with Crippen molar-refractivity contribution in [2.24, 2.45) is 0 Å². The summed E-state index contributed by atoms with van der Waals surface area (Å²) in [6, 6.07) is 8.88. The number of likely N-dealkylation sites (tertiary alicyclic amines) is 1. The fourth-order valence-corrected chi connectivity index (χ4v) is 3.31. The number of piperidine rings is 1. The molecule has 3 rings (SSSR count). The van der Waals surface area contributed by atoms with Gasteiger partial charge in [0.1, 0.15) is 0 Å². The highest BCUT2D eigenvalue weighted by molar-refractivity contribution is 6.32. The van der Waals surface area contributed by atoms with E-state index in [-0.39, 0.29) is 0 Å². The fourth-order valence-electron chi connectivity index (χ4n) is 3.11. The zero-order valence-electron chi connectivity index (χ0n) is 12.2. The summed E-state index contributed by atoms with van der Waals surface area (Å²) in [6.45, 7) is 6.42. The number of para-hydroxylation sites is 1. The number of fused-ring (bicyclic) bond motifs is 1. The van der Waals surface area contributed by atoms with Gasteiger partial charge in [-0.2, -0.15) is 0 Å². The van der Waals surface area contributed by atoms with Gasteiger partial charge < -0.3 is 0 Å². The SMILES string of the molecule is Cc1c(Cl)c(CN2CCCCC2C)nc2ccccc12. The second-order valence-corrected chi connectivity index (χ2v) is 6.21. The molecular weight excluding hydrogens is 268 g/mol. The lowest BCUT2D eigenvalue weighted by atomic mass is 10.0. The van der Waals surface area contributed by atoms with Gasteiger partial charge in [-0.3, -0.25) is 4.90 Å². The van der Waals surface area contributed by atoms with Crippen LogP contribution < -0.4 is 0 Å². The van der Waals surface area contributed by atoms with Gasteiger partial charge >= 0.3 is 0 Å². The van der Waals surface area contributed by atoms with Crippen LogP contribution in [-0.2, 0) is 6.54 Å². The Balaban J connectivity index is 1.97. The minimum atomic E-state index is 0.633. The Morgan fingerprint density at radius 3 is 2.90 bits per heavy atom. The molecule has 2 aromatic rings. The van der Waals surface area contributed by atoms with Gasteiger partial charge in [-0.05, 0) is 44.9 Å². The number of halogens is 1. The number of aromatic nitrogens is 1. The maximum atomic E-state index is 6.55. The quantitative estimate of drug-likeness (QED) is 0.805. The molecule has 1 atom stereocenters. The van der Waals surface area contributed by atoms with Crippen molar-refractivity contribution in [2.75, 3.05) is 6.54 Å². The summed E-state index contributed by atoms with van der Waals surface area (Å²) in [6.07, 6.45) is 3.91. The molecule has 0 saturated carbocycles. The highest BCUT2D eigenvalue weighted by Gasteiger charge is 2.20. The Morgan fingerprint density at radius 1 is 1.30 bits per heavy atom. The molecule has 1 aliphatic rings. The molecule has 1 aromatic heterocycles. The second-order valence-electron chi connectivity index (χ2n) is 5.83. The first-order valence-electron chi connectivity index (χ1n) is 7.44. The van der Waals surface area contributed by atoms with Crippen LogP contribution >= 0.6 is 11.6 Å². The van der Waals surface area contributed by atoms with Crippen LogP contribution in [-0.4, -0.2) is 22.5 Å². The lowest BCUT2D eigenvalue weighted by Crippen LogP contribution is -2.37. The van der Waals surface area contributed by atoms with Crippen LogP contribution in [0, 0.1) is 6.92 Å². The topological polar surface area (TPSA) is 16.1 Å². The Hall–Kier alpha value is -1.12. The predicted octanol–water partition coefficient (Wildman–Crippen LogP) is 4.57. The number of nitrogens with zero attached hydrogens (tertiary/aromatic N) is 2. The lowest BCUT2D eigenvalue weighted by molar-refractivity contribution is 0.151. The molecule has 0 bridgehead atoms. The van der Waals surface area contributed by atoms with E-state index in [2.05, 4.69) is 30.9 Å². The minimum absolute atomic E-state index is 0.633. The molecule has 2 heterocycles. The maximum absolute atomic E-state index is 6.55. The first kappa shape index (κ1) is 13.8. The van der Waals surface area contributed by atoms with Crippen LogP contribution in [0.25, 0.3) is 10.9 Å². The molecule has 0 aliphatic carbocycles. The number of aryl methyl sites for hydroxylation is 1. The Labute approximate surface area is 125 Å². The summed E-state index contributed by atoms with van der Waals surface area (Å²) < 4.78 is 0. The standard InChI is InChI=1S/C17H21ClN2/c1-12-7-5-6-10-20(12)11-16-17(18)13(2)14-8-3-4-9-15(14)19-16/h3-4,8-9,12H,5-7,10-11H2,1-2H3. The van der Waals surface area contributed by atoms with E-state index in [1.807, 2.05) is 12.1 Å². The fraction of sp³-hybridized carbons (Fsp3) is 0.471. The number of hydrogen-bond acceptors (Lipinski definition) is 2. The molecule has 1 unspecified atom stereocenters. The third kappa shape index (κ3) is 2.55. The van der Waals surface area contributed by atoms with Crippen molar-refractivity contribution in [3.63, 3.8) is 0 Å². The molecular formula is C17H21ClN2. The van der Waals surface area contributed by atoms with Crippen molar-refractivity contribution in [1.82, 2.24) is 9.88 Å². The summed E-state index contributed by atoms with van der Waals surface area (Å²) >= 11 is 6.55. The van der Waals surface area contributed by atoms with Gasteiger partial charge in [0.05, 0.1) is 16.2 Å². The smallest absolute Gasteiger partial charge is 0.0740 e. The molecule has 106 valence electrons. The summed E-state index contributed by atoms with van der Waals surface area (Å²) in [4.78, 5) is 7.30. The third-order valence-electron chi connectivity index (χ3n) is 4.44. The number of rotatable bonds is 2. The van der Waals surface area contributed by atoms with Gasteiger partial charge in [-0.1, -0.05) is 36.2 Å². The monoisotopic (exact) mass is 288 g/mol. The molecule has 20 heavy (non-hydrogen) atoms. The maximum Gasteiger partial charge on any atom is 0.0740 e. The van der Waals surface area contributed by atoms with Crippen molar-refractivity contribution in [1.29, 1.82) is 0 Å². The predicted molar refractivity (Wildman–Crippen MR) is 85.2 cm³/mol. The lowest BCUT2D eigenvalue weighted by Gasteiger charge is -2.33. The van der Waals surface area contributed by atoms with E-state index >= 15 is 0 Å². The Kier molecular flexibility index (Phi) is 3.95. The van der Waals surface area contributed by atoms with Crippen molar-refractivity contribution < 1.29 is 0 Å². The van der Waals surface area contributed by atoms with Gasteiger partial charge in [-0.25, -0.2) is 4.98 Å². The molecule has 0 N–H and O–H groups in total. The van der Waals surface area contributed by atoms with Gasteiger partial charge in [-0.15, -0.1) is 0 Å². The van der Waals surface area contributed by atoms with Crippen molar-refractivity contribution >= 4 is 22.5 Å². The molecule has 1 fully saturated rings. The largest absolute Gasteiger partial charge is 0.295 e. The molecule has 3 heteroatoms. The third-order valence-corrected chi connectivity index (χ3v) is 4.94. The summed E-state index contributed by atoms with van der Waals surface area (Å²) in [5, 5.41) is 1.99. The Bertz CT molecular complexity index is 624. The second kappa shape index (κ2) is 5.71. The number of pyridine rings is 1. The van der Waals surface area contributed by atoms with E-state index in [1.54, 1.807) is 0 Å². The van der Waals surface area contributed by atoms with Crippen LogP contribution in [0.1, 0.15) is 37.4 Å². The zero-order chi connectivity index (χ0) is 14.1. The highest BCUT2D eigenvalue weighted by atomic mass is 35.5. The first-order chi connectivity index (χ1) is 9.66. The van der Waals surface area contributed by atoms with Crippen molar-refractivity contribution in [2.45, 2.75) is 45.7 Å². The van der Waals surface area contributed by atoms with Gasteiger partial charge in [0.25, 0.3) is 0 Å². The van der Waals surface area contributed by atoms with E-state index in [4.69, 9.17) is 16.6 Å². The molecule has 1 aromatic carbocycles. The number of benzene rings is 1. The van der Waals surface area contributed by atoms with Crippen LogP contribution in [0.4, 0.5) is 0 Å². The molecule has 2 nitrogen and oxygen atoms in total. The highest BCUT2D eigenvalue weighted by Crippen LogP contribution is 2.29. The van der Waals surface area contributed by atoms with Gasteiger partial charge in [0, 0.05) is 18.0 Å². The average Bonchev–Trinajstić information content (AvgIpc) is 2.47. The zero-order valence-corrected chi connectivity index (χ0v) is 13.0. The van der Waals surface area contributed by atoms with E-state index in [0.29, 0.717) is 6.04 Å². The Morgan fingerprint density at radius 2 is 2.10 bits per heavy atom. The number of hydrogen-bond donors (Lipinski definition) is 0. The van der Waals surface area contributed by atoms with E-state index in [0.717, 1.165) is 40.3 Å². The van der Waals surface area contributed by atoms with E-state index in [1.165, 1.54) is 19.3 Å². The molecule has 1 aliphatic heterocycles. The minimum Gasteiger partial charge on any atom is -0.295 e. The van der Waals surface area contributed by atoms with Gasteiger partial charge in [0.2, 0.25) is 0 Å². The first-order valence-corrected chi connectivity index (χ1v) is 7.82. The van der Waals surface area contributed by atoms with Crippen LogP contribution in [0.3, 0.4) is 0 Å². The van der Waals surface area contributed by atoms with Crippen molar-refractivity contribution in [3.05, 3.63) is 40.5 Å². The van der Waals surface area contributed by atoms with Crippen LogP contribution in [0.2, 0.25) is 5.02 Å². The normalized spacial score (nSPS) is 20.4.